The predicted molar refractivity (Wildman–Crippen MR) is 167 cm³/mol. The van der Waals surface area contributed by atoms with Crippen LogP contribution in [0.5, 0.6) is 5.75 Å². The minimum absolute atomic E-state index is 0.0592. The third-order valence-corrected chi connectivity index (χ3v) is 10.2. The highest BCUT2D eigenvalue weighted by atomic mass is 35.5. The summed E-state index contributed by atoms with van der Waals surface area (Å²) in [5, 5.41) is 5.53. The molecule has 4 aromatic rings. The van der Waals surface area contributed by atoms with Gasteiger partial charge in [0.15, 0.2) is 9.84 Å². The number of para-hydroxylation sites is 1. The Hall–Kier alpha value is -3.44. The first-order valence-electron chi connectivity index (χ1n) is 12.9. The molecule has 2 aliphatic heterocycles. The van der Waals surface area contributed by atoms with E-state index in [1.807, 2.05) is 85.1 Å². The smallest absolute Gasteiger partial charge is 0.266 e. The van der Waals surface area contributed by atoms with Crippen molar-refractivity contribution in [2.45, 2.75) is 19.1 Å². The number of aromatic nitrogens is 2. The lowest BCUT2D eigenvalue weighted by Crippen LogP contribution is -2.39. The normalized spacial score (nSPS) is 19.3. The molecular formula is C30H24ClN3O4S3. The predicted octanol–water partition coefficient (Wildman–Crippen LogP) is 6.16. The van der Waals surface area contributed by atoms with Crippen molar-refractivity contribution in [3.05, 3.63) is 106 Å². The van der Waals surface area contributed by atoms with Gasteiger partial charge in [-0.1, -0.05) is 65.9 Å². The minimum atomic E-state index is -3.16. The number of rotatable bonds is 7. The van der Waals surface area contributed by atoms with E-state index in [9.17, 15) is 13.2 Å². The third kappa shape index (κ3) is 6.11. The Kier molecular flexibility index (Phi) is 7.74. The molecule has 41 heavy (non-hydrogen) atoms. The van der Waals surface area contributed by atoms with E-state index in [0.717, 1.165) is 22.4 Å². The lowest BCUT2D eigenvalue weighted by molar-refractivity contribution is -0.123. The minimum Gasteiger partial charge on any atom is -0.489 e. The summed E-state index contributed by atoms with van der Waals surface area (Å²) in [6.45, 7) is 0.411. The van der Waals surface area contributed by atoms with Crippen molar-refractivity contribution < 1.29 is 17.9 Å². The molecule has 1 atom stereocenters. The van der Waals surface area contributed by atoms with Crippen molar-refractivity contribution in [1.82, 2.24) is 14.7 Å². The van der Waals surface area contributed by atoms with Gasteiger partial charge in [-0.3, -0.25) is 9.69 Å². The summed E-state index contributed by atoms with van der Waals surface area (Å²) in [5.74, 6) is 0.448. The molecule has 0 bridgehead atoms. The Morgan fingerprint density at radius 1 is 1.05 bits per heavy atom. The first-order chi connectivity index (χ1) is 19.8. The molecule has 2 fully saturated rings. The Labute approximate surface area is 252 Å². The average molecular weight is 622 g/mol. The van der Waals surface area contributed by atoms with Gasteiger partial charge in [0.25, 0.3) is 5.91 Å². The van der Waals surface area contributed by atoms with Crippen LogP contribution in [0.2, 0.25) is 5.02 Å². The van der Waals surface area contributed by atoms with Gasteiger partial charge < -0.3 is 4.74 Å². The van der Waals surface area contributed by atoms with Crippen molar-refractivity contribution in [2.24, 2.45) is 0 Å². The van der Waals surface area contributed by atoms with Gasteiger partial charge in [0.05, 0.1) is 33.8 Å². The van der Waals surface area contributed by atoms with E-state index in [-0.39, 0.29) is 17.4 Å². The van der Waals surface area contributed by atoms with Gasteiger partial charge in [0.2, 0.25) is 0 Å². The summed E-state index contributed by atoms with van der Waals surface area (Å²) in [6, 6.07) is 24.4. The second-order valence-electron chi connectivity index (χ2n) is 9.76. The Morgan fingerprint density at radius 3 is 2.46 bits per heavy atom. The van der Waals surface area contributed by atoms with E-state index in [1.54, 1.807) is 10.8 Å². The molecule has 0 aliphatic carbocycles. The molecule has 208 valence electrons. The average Bonchev–Trinajstić information content (AvgIpc) is 3.63. The second kappa shape index (κ2) is 11.4. The monoisotopic (exact) mass is 621 g/mol. The highest BCUT2D eigenvalue weighted by Crippen LogP contribution is 2.38. The zero-order valence-electron chi connectivity index (χ0n) is 21.6. The SMILES string of the molecule is O=C1C(=Cc2cn(-c3ccccc3)nc2-c2ccc(OCc3ccc(Cl)cc3)cc2)SC(=S)N1C1CCS(=O)(=O)C1. The van der Waals surface area contributed by atoms with Crippen LogP contribution >= 0.6 is 35.6 Å². The largest absolute Gasteiger partial charge is 0.489 e. The summed E-state index contributed by atoms with van der Waals surface area (Å²) >= 11 is 12.7. The molecule has 0 saturated carbocycles. The first-order valence-corrected chi connectivity index (χ1v) is 16.3. The van der Waals surface area contributed by atoms with Crippen LogP contribution in [0.4, 0.5) is 0 Å². The van der Waals surface area contributed by atoms with Crippen molar-refractivity contribution in [3.63, 3.8) is 0 Å². The summed E-state index contributed by atoms with van der Waals surface area (Å²) in [7, 11) is -3.16. The number of sulfone groups is 1. The van der Waals surface area contributed by atoms with Crippen LogP contribution in [0.3, 0.4) is 0 Å². The number of thiocarbonyl (C=S) groups is 1. The highest BCUT2D eigenvalue weighted by molar-refractivity contribution is 8.26. The molecule has 7 nitrogen and oxygen atoms in total. The maximum Gasteiger partial charge on any atom is 0.266 e. The number of carbonyl (C=O) groups is 1. The molecule has 1 unspecified atom stereocenters. The quantitative estimate of drug-likeness (QED) is 0.181. The fraction of sp³-hybridized carbons (Fsp3) is 0.167. The van der Waals surface area contributed by atoms with E-state index >= 15 is 0 Å². The second-order valence-corrected chi connectivity index (χ2v) is 14.1. The number of carbonyl (C=O) groups excluding carboxylic acids is 1. The van der Waals surface area contributed by atoms with Gasteiger partial charge in [0.1, 0.15) is 16.7 Å². The topological polar surface area (TPSA) is 81.5 Å². The van der Waals surface area contributed by atoms with E-state index in [0.29, 0.717) is 38.7 Å². The van der Waals surface area contributed by atoms with Gasteiger partial charge in [-0.2, -0.15) is 5.10 Å². The number of amides is 1. The fourth-order valence-electron chi connectivity index (χ4n) is 4.80. The Morgan fingerprint density at radius 2 is 1.78 bits per heavy atom. The molecule has 0 radical (unpaired) electrons. The van der Waals surface area contributed by atoms with Crippen molar-refractivity contribution in [3.8, 4) is 22.7 Å². The van der Waals surface area contributed by atoms with Crippen molar-refractivity contribution in [1.29, 1.82) is 0 Å². The molecule has 0 N–H and O–H groups in total. The molecule has 2 saturated heterocycles. The molecule has 2 aliphatic rings. The van der Waals surface area contributed by atoms with Crippen LogP contribution in [-0.4, -0.2) is 50.9 Å². The number of hydrogen-bond donors (Lipinski definition) is 0. The van der Waals surface area contributed by atoms with Crippen LogP contribution in [0.25, 0.3) is 23.0 Å². The Bertz CT molecular complexity index is 1750. The maximum atomic E-state index is 13.4. The third-order valence-electron chi connectivity index (χ3n) is 6.89. The maximum absolute atomic E-state index is 13.4. The molecule has 1 aromatic heterocycles. The van der Waals surface area contributed by atoms with Gasteiger partial charge in [-0.05, 0) is 66.6 Å². The number of benzene rings is 3. The standard InChI is InChI=1S/C30H24ClN3O4S3/c31-23-10-6-20(7-11-23)18-38-26-12-8-21(9-13-26)28-22(17-33(32-28)24-4-2-1-3-5-24)16-27-29(35)34(30(39)40-27)25-14-15-41(36,37)19-25/h1-13,16-17,25H,14-15,18-19H2. The summed E-state index contributed by atoms with van der Waals surface area (Å²) in [6.07, 6.45) is 4.06. The lowest BCUT2D eigenvalue weighted by atomic mass is 10.1. The molecule has 0 spiro atoms. The summed E-state index contributed by atoms with van der Waals surface area (Å²) in [4.78, 5) is 15.3. The van der Waals surface area contributed by atoms with Crippen LogP contribution < -0.4 is 4.74 Å². The van der Waals surface area contributed by atoms with E-state index < -0.39 is 15.9 Å². The zero-order chi connectivity index (χ0) is 28.6. The number of hydrogen-bond acceptors (Lipinski definition) is 7. The van der Waals surface area contributed by atoms with Gasteiger partial charge >= 0.3 is 0 Å². The Balaban J connectivity index is 1.29. The first kappa shape index (κ1) is 27.7. The molecule has 6 rings (SSSR count). The van der Waals surface area contributed by atoms with E-state index in [4.69, 9.17) is 33.7 Å². The molecule has 3 aromatic carbocycles. The van der Waals surface area contributed by atoms with Crippen LogP contribution in [-0.2, 0) is 21.2 Å². The number of halogens is 1. The van der Waals surface area contributed by atoms with Crippen molar-refractivity contribution >= 4 is 61.7 Å². The molecule has 11 heteroatoms. The highest BCUT2D eigenvalue weighted by Gasteiger charge is 2.42. The van der Waals surface area contributed by atoms with Gasteiger partial charge in [0, 0.05) is 22.3 Å². The van der Waals surface area contributed by atoms with Gasteiger partial charge in [-0.15, -0.1) is 0 Å². The van der Waals surface area contributed by atoms with Crippen LogP contribution in [0.1, 0.15) is 17.5 Å². The molecular weight excluding hydrogens is 598 g/mol. The zero-order valence-corrected chi connectivity index (χ0v) is 24.8. The number of thioether (sulfide) groups is 1. The fourth-order valence-corrected chi connectivity index (χ4v) is 8.02. The van der Waals surface area contributed by atoms with Crippen molar-refractivity contribution in [2.75, 3.05) is 11.5 Å². The van der Waals surface area contributed by atoms with Crippen LogP contribution in [0, 0.1) is 0 Å². The van der Waals surface area contributed by atoms with Gasteiger partial charge in [-0.25, -0.2) is 13.1 Å². The summed E-state index contributed by atoms with van der Waals surface area (Å²) in [5.41, 5.74) is 4.16. The van der Waals surface area contributed by atoms with E-state index in [2.05, 4.69) is 0 Å². The lowest BCUT2D eigenvalue weighted by Gasteiger charge is -2.20. The summed E-state index contributed by atoms with van der Waals surface area (Å²) < 4.78 is 32.2. The molecule has 3 heterocycles. The number of ether oxygens (including phenoxy) is 1. The van der Waals surface area contributed by atoms with Crippen LogP contribution in [0.15, 0.2) is 90.0 Å². The molecule has 1 amide bonds. The van der Waals surface area contributed by atoms with E-state index in [1.165, 1.54) is 16.7 Å². The number of nitrogens with zero attached hydrogens (tertiary/aromatic N) is 3.